The lowest BCUT2D eigenvalue weighted by atomic mass is 10.2. The van der Waals surface area contributed by atoms with Crippen molar-refractivity contribution >= 4 is 23.4 Å². The van der Waals surface area contributed by atoms with Crippen molar-refractivity contribution in [2.45, 2.75) is 38.6 Å². The third kappa shape index (κ3) is 6.14. The molecule has 2 aromatic rings. The number of rotatable bonds is 7. The molecule has 1 aliphatic heterocycles. The standard InChI is InChI=1S/C22H26N4O3/c1-16-10-11-17(14-23-16)22(29)26-13-12-19(15-26)25-21(28)9-5-8-20(27)24-18-6-3-2-4-7-18/h2-4,6-7,10-11,14,19H,5,8-9,12-13,15H2,1H3,(H,24,27)(H,25,28)/t19-/m1/s1. The summed E-state index contributed by atoms with van der Waals surface area (Å²) < 4.78 is 0. The first-order valence-electron chi connectivity index (χ1n) is 9.87. The van der Waals surface area contributed by atoms with Crippen molar-refractivity contribution in [1.82, 2.24) is 15.2 Å². The molecular formula is C22H26N4O3. The number of hydrogen-bond acceptors (Lipinski definition) is 4. The lowest BCUT2D eigenvalue weighted by Crippen LogP contribution is -2.38. The van der Waals surface area contributed by atoms with Crippen LogP contribution < -0.4 is 10.6 Å². The van der Waals surface area contributed by atoms with Gasteiger partial charge in [0.1, 0.15) is 0 Å². The van der Waals surface area contributed by atoms with Crippen molar-refractivity contribution in [2.24, 2.45) is 0 Å². The number of nitrogens with zero attached hydrogens (tertiary/aromatic N) is 2. The second-order valence-electron chi connectivity index (χ2n) is 7.26. The molecular weight excluding hydrogens is 368 g/mol. The van der Waals surface area contributed by atoms with Crippen LogP contribution in [0.3, 0.4) is 0 Å². The Hall–Kier alpha value is -3.22. The molecule has 0 radical (unpaired) electrons. The minimum atomic E-state index is -0.103. The normalized spacial score (nSPS) is 15.8. The van der Waals surface area contributed by atoms with E-state index in [4.69, 9.17) is 0 Å². The fourth-order valence-electron chi connectivity index (χ4n) is 3.29. The van der Waals surface area contributed by atoms with E-state index < -0.39 is 0 Å². The van der Waals surface area contributed by atoms with E-state index in [-0.39, 0.29) is 36.6 Å². The quantitative estimate of drug-likeness (QED) is 0.755. The second-order valence-corrected chi connectivity index (χ2v) is 7.26. The van der Waals surface area contributed by atoms with Gasteiger partial charge < -0.3 is 15.5 Å². The van der Waals surface area contributed by atoms with E-state index in [9.17, 15) is 14.4 Å². The molecule has 1 atom stereocenters. The minimum Gasteiger partial charge on any atom is -0.352 e. The number of carbonyl (C=O) groups is 3. The summed E-state index contributed by atoms with van der Waals surface area (Å²) in [6.45, 7) is 2.98. The zero-order valence-electron chi connectivity index (χ0n) is 16.6. The zero-order chi connectivity index (χ0) is 20.6. The van der Waals surface area contributed by atoms with Crippen molar-refractivity contribution in [3.8, 4) is 0 Å². The van der Waals surface area contributed by atoms with Crippen molar-refractivity contribution < 1.29 is 14.4 Å². The van der Waals surface area contributed by atoms with Crippen molar-refractivity contribution in [1.29, 1.82) is 0 Å². The molecule has 1 aromatic heterocycles. The molecule has 2 N–H and O–H groups in total. The maximum Gasteiger partial charge on any atom is 0.255 e. The first-order chi connectivity index (χ1) is 14.0. The SMILES string of the molecule is Cc1ccc(C(=O)N2CC[C@@H](NC(=O)CCCC(=O)Nc3ccccc3)C2)cn1. The number of aryl methyl sites for hydroxylation is 1. The molecule has 1 aromatic carbocycles. The highest BCUT2D eigenvalue weighted by molar-refractivity contribution is 5.94. The van der Waals surface area contributed by atoms with Gasteiger partial charge in [0.15, 0.2) is 0 Å². The van der Waals surface area contributed by atoms with Gasteiger partial charge in [0.25, 0.3) is 5.91 Å². The molecule has 7 nitrogen and oxygen atoms in total. The van der Waals surface area contributed by atoms with Gasteiger partial charge in [-0.25, -0.2) is 0 Å². The van der Waals surface area contributed by atoms with Crippen molar-refractivity contribution in [2.75, 3.05) is 18.4 Å². The van der Waals surface area contributed by atoms with E-state index in [1.807, 2.05) is 43.3 Å². The molecule has 0 unspecified atom stereocenters. The minimum absolute atomic E-state index is 0.0528. The fourth-order valence-corrected chi connectivity index (χ4v) is 3.29. The lowest BCUT2D eigenvalue weighted by molar-refractivity contribution is -0.122. The topological polar surface area (TPSA) is 91.4 Å². The Kier molecular flexibility index (Phi) is 6.94. The van der Waals surface area contributed by atoms with Gasteiger partial charge in [-0.1, -0.05) is 18.2 Å². The first-order valence-corrected chi connectivity index (χ1v) is 9.87. The molecule has 0 bridgehead atoms. The van der Waals surface area contributed by atoms with Gasteiger partial charge in [-0.05, 0) is 44.0 Å². The predicted octanol–water partition coefficient (Wildman–Crippen LogP) is 2.53. The highest BCUT2D eigenvalue weighted by Gasteiger charge is 2.28. The van der Waals surface area contributed by atoms with Crippen LogP contribution in [0.5, 0.6) is 0 Å². The summed E-state index contributed by atoms with van der Waals surface area (Å²) in [5.41, 5.74) is 2.18. The van der Waals surface area contributed by atoms with Crippen molar-refractivity contribution in [3.05, 3.63) is 59.9 Å². The van der Waals surface area contributed by atoms with Gasteiger partial charge >= 0.3 is 0 Å². The molecule has 1 saturated heterocycles. The summed E-state index contributed by atoms with van der Waals surface area (Å²) >= 11 is 0. The van der Waals surface area contributed by atoms with E-state index in [1.165, 1.54) is 0 Å². The van der Waals surface area contributed by atoms with E-state index in [1.54, 1.807) is 17.2 Å². The van der Waals surface area contributed by atoms with Gasteiger partial charge in [-0.3, -0.25) is 19.4 Å². The summed E-state index contributed by atoms with van der Waals surface area (Å²) in [6.07, 6.45) is 3.37. The summed E-state index contributed by atoms with van der Waals surface area (Å²) in [5.74, 6) is -0.256. The number of benzene rings is 1. The Bertz CT molecular complexity index is 852. The molecule has 0 aliphatic carbocycles. The van der Waals surface area contributed by atoms with E-state index in [0.717, 1.165) is 17.8 Å². The number of likely N-dealkylation sites (tertiary alicyclic amines) is 1. The van der Waals surface area contributed by atoms with Crippen LogP contribution in [0.25, 0.3) is 0 Å². The number of hydrogen-bond donors (Lipinski definition) is 2. The Morgan fingerprint density at radius 1 is 1.07 bits per heavy atom. The van der Waals surface area contributed by atoms with Crippen LogP contribution in [0.2, 0.25) is 0 Å². The number of pyridine rings is 1. The summed E-state index contributed by atoms with van der Waals surface area (Å²) in [7, 11) is 0. The van der Waals surface area contributed by atoms with Crippen LogP contribution in [0.4, 0.5) is 5.69 Å². The number of aromatic nitrogens is 1. The Labute approximate surface area is 170 Å². The number of carbonyl (C=O) groups excluding carboxylic acids is 3. The fraction of sp³-hybridized carbons (Fsp3) is 0.364. The maximum absolute atomic E-state index is 12.5. The number of nitrogens with one attached hydrogen (secondary N) is 2. The van der Waals surface area contributed by atoms with Gasteiger partial charge in [0.05, 0.1) is 5.56 Å². The highest BCUT2D eigenvalue weighted by atomic mass is 16.2. The highest BCUT2D eigenvalue weighted by Crippen LogP contribution is 2.14. The van der Waals surface area contributed by atoms with Crippen molar-refractivity contribution in [3.63, 3.8) is 0 Å². The molecule has 0 spiro atoms. The molecule has 2 heterocycles. The molecule has 7 heteroatoms. The average Bonchev–Trinajstić information content (AvgIpc) is 3.17. The monoisotopic (exact) mass is 394 g/mol. The maximum atomic E-state index is 12.5. The number of amides is 3. The first kappa shape index (κ1) is 20.5. The number of para-hydroxylation sites is 1. The molecule has 29 heavy (non-hydrogen) atoms. The largest absolute Gasteiger partial charge is 0.352 e. The Morgan fingerprint density at radius 3 is 2.55 bits per heavy atom. The smallest absolute Gasteiger partial charge is 0.255 e. The number of anilines is 1. The van der Waals surface area contributed by atoms with Crippen LogP contribution in [0, 0.1) is 6.92 Å². The van der Waals surface area contributed by atoms with Crippen LogP contribution in [0.1, 0.15) is 41.7 Å². The lowest BCUT2D eigenvalue weighted by Gasteiger charge is -2.17. The molecule has 1 fully saturated rings. The third-order valence-corrected chi connectivity index (χ3v) is 4.86. The Morgan fingerprint density at radius 2 is 1.83 bits per heavy atom. The summed E-state index contributed by atoms with van der Waals surface area (Å²) in [4.78, 5) is 42.5. The van der Waals surface area contributed by atoms with Gasteiger partial charge in [-0.15, -0.1) is 0 Å². The van der Waals surface area contributed by atoms with E-state index in [0.29, 0.717) is 25.1 Å². The van der Waals surface area contributed by atoms with Crippen LogP contribution >= 0.6 is 0 Å². The van der Waals surface area contributed by atoms with E-state index >= 15 is 0 Å². The molecule has 3 amide bonds. The van der Waals surface area contributed by atoms with Gasteiger partial charge in [-0.2, -0.15) is 0 Å². The predicted molar refractivity (Wildman–Crippen MR) is 110 cm³/mol. The zero-order valence-corrected chi connectivity index (χ0v) is 16.6. The molecule has 0 saturated carbocycles. The van der Waals surface area contributed by atoms with Gasteiger partial charge in [0, 0.05) is 49.6 Å². The Balaban J connectivity index is 1.36. The van der Waals surface area contributed by atoms with E-state index in [2.05, 4.69) is 15.6 Å². The summed E-state index contributed by atoms with van der Waals surface area (Å²) in [6, 6.07) is 12.8. The summed E-state index contributed by atoms with van der Waals surface area (Å²) in [5, 5.41) is 5.77. The van der Waals surface area contributed by atoms with Crippen LogP contribution in [0.15, 0.2) is 48.7 Å². The second kappa shape index (κ2) is 9.82. The van der Waals surface area contributed by atoms with Gasteiger partial charge in [0.2, 0.25) is 11.8 Å². The average molecular weight is 394 g/mol. The van der Waals surface area contributed by atoms with Crippen LogP contribution in [-0.4, -0.2) is 46.7 Å². The molecule has 3 rings (SSSR count). The molecule has 1 aliphatic rings. The molecule has 152 valence electrons. The third-order valence-electron chi connectivity index (χ3n) is 4.86. The van der Waals surface area contributed by atoms with Crippen LogP contribution in [-0.2, 0) is 9.59 Å².